The van der Waals surface area contributed by atoms with Crippen LogP contribution in [-0.2, 0) is 6.42 Å². The Bertz CT molecular complexity index is 348. The Morgan fingerprint density at radius 3 is 2.67 bits per heavy atom. The second-order valence-electron chi connectivity index (χ2n) is 2.45. The lowest BCUT2D eigenvalue weighted by Gasteiger charge is -1.93. The van der Waals surface area contributed by atoms with Gasteiger partial charge in [-0.1, -0.05) is 6.07 Å². The van der Waals surface area contributed by atoms with Crippen LogP contribution in [0.3, 0.4) is 0 Å². The molecular weight excluding hydrogens is 252 g/mol. The van der Waals surface area contributed by atoms with Crippen LogP contribution in [0.25, 0.3) is 0 Å². The van der Waals surface area contributed by atoms with Crippen molar-refractivity contribution in [3.8, 4) is 0 Å². The summed E-state index contributed by atoms with van der Waals surface area (Å²) >= 11 is 7.15. The van der Waals surface area contributed by atoms with Gasteiger partial charge in [-0.3, -0.25) is 0 Å². The highest BCUT2D eigenvalue weighted by Gasteiger charge is 2.02. The van der Waals surface area contributed by atoms with Crippen LogP contribution in [0, 0.1) is 0 Å². The average Bonchev–Trinajstić information content (AvgIpc) is 2.65. The molecule has 0 aliphatic heterocycles. The van der Waals surface area contributed by atoms with Crippen molar-refractivity contribution in [2.45, 2.75) is 6.42 Å². The van der Waals surface area contributed by atoms with Crippen LogP contribution in [0.4, 0.5) is 0 Å². The summed E-state index contributed by atoms with van der Waals surface area (Å²) in [5.74, 6) is 0. The zero-order valence-electron chi connectivity index (χ0n) is 6.29. The number of rotatable bonds is 2. The topological polar surface area (TPSA) is 0 Å². The van der Waals surface area contributed by atoms with Crippen molar-refractivity contribution in [2.24, 2.45) is 0 Å². The maximum Gasteiger partial charge on any atom is 0.0318 e. The standard InChI is InChI=1S/C9H7BrS2/c10-8-3-5-12-9(8)6-7-2-1-4-11-7/h1-5H,6H2. The largest absolute Gasteiger partial charge is 0.149 e. The summed E-state index contributed by atoms with van der Waals surface area (Å²) in [6.07, 6.45) is 1.07. The van der Waals surface area contributed by atoms with E-state index in [2.05, 4.69) is 44.9 Å². The summed E-state index contributed by atoms with van der Waals surface area (Å²) in [5.41, 5.74) is 0. The highest BCUT2D eigenvalue weighted by atomic mass is 79.9. The van der Waals surface area contributed by atoms with E-state index in [0.29, 0.717) is 0 Å². The van der Waals surface area contributed by atoms with Gasteiger partial charge in [0.2, 0.25) is 0 Å². The SMILES string of the molecule is Brc1ccsc1Cc1cccs1. The first kappa shape index (κ1) is 8.48. The Morgan fingerprint density at radius 1 is 1.17 bits per heavy atom. The quantitative estimate of drug-likeness (QED) is 0.759. The van der Waals surface area contributed by atoms with Crippen LogP contribution in [0.15, 0.2) is 33.4 Å². The van der Waals surface area contributed by atoms with Gasteiger partial charge >= 0.3 is 0 Å². The van der Waals surface area contributed by atoms with Crippen LogP contribution in [0.2, 0.25) is 0 Å². The predicted molar refractivity (Wildman–Crippen MR) is 59.1 cm³/mol. The Labute approximate surface area is 88.0 Å². The fraction of sp³-hybridized carbons (Fsp3) is 0.111. The van der Waals surface area contributed by atoms with E-state index in [4.69, 9.17) is 0 Å². The molecule has 0 aliphatic carbocycles. The number of halogens is 1. The van der Waals surface area contributed by atoms with E-state index in [9.17, 15) is 0 Å². The van der Waals surface area contributed by atoms with Crippen molar-refractivity contribution in [3.05, 3.63) is 43.2 Å². The third-order valence-corrected chi connectivity index (χ3v) is 4.41. The molecule has 0 bridgehead atoms. The van der Waals surface area contributed by atoms with E-state index in [0.717, 1.165) is 6.42 Å². The number of hydrogen-bond donors (Lipinski definition) is 0. The lowest BCUT2D eigenvalue weighted by molar-refractivity contribution is 1.29. The van der Waals surface area contributed by atoms with Gasteiger partial charge in [0.1, 0.15) is 0 Å². The second-order valence-corrected chi connectivity index (χ2v) is 5.34. The van der Waals surface area contributed by atoms with Gasteiger partial charge in [0, 0.05) is 20.6 Å². The molecule has 0 N–H and O–H groups in total. The second kappa shape index (κ2) is 3.73. The molecule has 0 saturated heterocycles. The zero-order chi connectivity index (χ0) is 8.39. The molecule has 0 spiro atoms. The first-order valence-electron chi connectivity index (χ1n) is 3.60. The van der Waals surface area contributed by atoms with Gasteiger partial charge in [0.05, 0.1) is 0 Å². The number of thiophene rings is 2. The van der Waals surface area contributed by atoms with E-state index in [1.165, 1.54) is 14.2 Å². The lowest BCUT2D eigenvalue weighted by atomic mass is 10.3. The molecule has 0 radical (unpaired) electrons. The summed E-state index contributed by atoms with van der Waals surface area (Å²) < 4.78 is 1.24. The van der Waals surface area contributed by atoms with Gasteiger partial charge in [-0.2, -0.15) is 0 Å². The van der Waals surface area contributed by atoms with Gasteiger partial charge < -0.3 is 0 Å². The minimum atomic E-state index is 1.07. The number of hydrogen-bond acceptors (Lipinski definition) is 2. The molecule has 0 fully saturated rings. The normalized spacial score (nSPS) is 10.4. The highest BCUT2D eigenvalue weighted by molar-refractivity contribution is 9.10. The van der Waals surface area contributed by atoms with Gasteiger partial charge in [-0.05, 0) is 38.8 Å². The van der Waals surface area contributed by atoms with E-state index < -0.39 is 0 Å². The minimum Gasteiger partial charge on any atom is -0.149 e. The van der Waals surface area contributed by atoms with Crippen LogP contribution in [-0.4, -0.2) is 0 Å². The lowest BCUT2D eigenvalue weighted by Crippen LogP contribution is -1.78. The Kier molecular flexibility index (Phi) is 2.63. The molecule has 2 aromatic heterocycles. The van der Waals surface area contributed by atoms with Crippen molar-refractivity contribution < 1.29 is 0 Å². The van der Waals surface area contributed by atoms with Crippen molar-refractivity contribution in [1.29, 1.82) is 0 Å². The van der Waals surface area contributed by atoms with Crippen molar-refractivity contribution >= 4 is 38.6 Å². The smallest absolute Gasteiger partial charge is 0.0318 e. The van der Waals surface area contributed by atoms with Crippen LogP contribution in [0.5, 0.6) is 0 Å². The zero-order valence-corrected chi connectivity index (χ0v) is 9.51. The van der Waals surface area contributed by atoms with E-state index in [-0.39, 0.29) is 0 Å². The van der Waals surface area contributed by atoms with Crippen LogP contribution in [0.1, 0.15) is 9.75 Å². The first-order chi connectivity index (χ1) is 5.86. The van der Waals surface area contributed by atoms with Crippen molar-refractivity contribution in [2.75, 3.05) is 0 Å². The summed E-state index contributed by atoms with van der Waals surface area (Å²) in [6, 6.07) is 6.38. The molecule has 2 heterocycles. The molecule has 2 rings (SSSR count). The summed E-state index contributed by atoms with van der Waals surface area (Å²) in [5, 5.41) is 4.24. The molecule has 12 heavy (non-hydrogen) atoms. The molecule has 0 atom stereocenters. The van der Waals surface area contributed by atoms with Gasteiger partial charge in [-0.25, -0.2) is 0 Å². The summed E-state index contributed by atoms with van der Waals surface area (Å²) in [4.78, 5) is 2.84. The monoisotopic (exact) mass is 258 g/mol. The molecule has 0 aliphatic rings. The highest BCUT2D eigenvalue weighted by Crippen LogP contribution is 2.26. The molecule has 0 nitrogen and oxygen atoms in total. The molecule has 62 valence electrons. The third kappa shape index (κ3) is 1.79. The molecule has 3 heteroatoms. The van der Waals surface area contributed by atoms with Gasteiger partial charge in [0.25, 0.3) is 0 Å². The Hall–Kier alpha value is -0.120. The molecule has 2 aromatic rings. The fourth-order valence-electron chi connectivity index (χ4n) is 1.02. The molecule has 0 amide bonds. The third-order valence-electron chi connectivity index (χ3n) is 1.61. The van der Waals surface area contributed by atoms with Crippen molar-refractivity contribution in [1.82, 2.24) is 0 Å². The van der Waals surface area contributed by atoms with Gasteiger partial charge in [0.15, 0.2) is 0 Å². The Morgan fingerprint density at radius 2 is 2.08 bits per heavy atom. The maximum atomic E-state index is 3.53. The van der Waals surface area contributed by atoms with E-state index in [1.807, 2.05) is 22.7 Å². The molecule has 0 aromatic carbocycles. The predicted octanol–water partition coefficient (Wildman–Crippen LogP) is 4.16. The average molecular weight is 259 g/mol. The molecule has 0 unspecified atom stereocenters. The molecular formula is C9H7BrS2. The Balaban J connectivity index is 2.20. The van der Waals surface area contributed by atoms with Crippen molar-refractivity contribution in [3.63, 3.8) is 0 Å². The summed E-state index contributed by atoms with van der Waals surface area (Å²) in [7, 11) is 0. The first-order valence-corrected chi connectivity index (χ1v) is 6.16. The summed E-state index contributed by atoms with van der Waals surface area (Å²) in [6.45, 7) is 0. The minimum absolute atomic E-state index is 1.07. The fourth-order valence-corrected chi connectivity index (χ4v) is 3.35. The van der Waals surface area contributed by atoms with E-state index in [1.54, 1.807) is 0 Å². The van der Waals surface area contributed by atoms with E-state index >= 15 is 0 Å². The molecule has 0 saturated carbocycles. The maximum absolute atomic E-state index is 3.53. The van der Waals surface area contributed by atoms with Crippen LogP contribution >= 0.6 is 38.6 Å². The van der Waals surface area contributed by atoms with Crippen LogP contribution < -0.4 is 0 Å². The van der Waals surface area contributed by atoms with Gasteiger partial charge in [-0.15, -0.1) is 22.7 Å².